The van der Waals surface area contributed by atoms with Gasteiger partial charge >= 0.3 is 0 Å². The van der Waals surface area contributed by atoms with Crippen LogP contribution in [0.4, 0.5) is 0 Å². The average molecular weight is 302 g/mol. The molecule has 0 bridgehead atoms. The number of hydrogen-bond donors (Lipinski definition) is 1. The molecule has 0 spiro atoms. The zero-order valence-electron chi connectivity index (χ0n) is 11.7. The van der Waals surface area contributed by atoms with E-state index < -0.39 is 0 Å². The van der Waals surface area contributed by atoms with Crippen LogP contribution in [0.5, 0.6) is 5.75 Å². The number of aliphatic hydroxyl groups is 1. The smallest absolute Gasteiger partial charge is 0.120 e. The lowest BCUT2D eigenvalue weighted by atomic mass is 10.2. The van der Waals surface area contributed by atoms with E-state index in [-0.39, 0.29) is 6.61 Å². The van der Waals surface area contributed by atoms with Crippen LogP contribution in [0.2, 0.25) is 0 Å². The second-order valence-corrected chi connectivity index (χ2v) is 5.31. The lowest BCUT2D eigenvalue weighted by Gasteiger charge is -2.07. The molecule has 0 radical (unpaired) electrons. The Morgan fingerprint density at radius 3 is 2.86 bits per heavy atom. The highest BCUT2D eigenvalue weighted by molar-refractivity contribution is 7.09. The third-order valence-corrected chi connectivity index (χ3v) is 3.65. The van der Waals surface area contributed by atoms with E-state index in [1.165, 1.54) is 4.88 Å². The van der Waals surface area contributed by atoms with Gasteiger partial charge in [-0.25, -0.2) is 0 Å². The molecule has 2 rings (SSSR count). The van der Waals surface area contributed by atoms with Gasteiger partial charge in [-0.3, -0.25) is 0 Å². The number of thiophene rings is 1. The van der Waals surface area contributed by atoms with Crippen molar-refractivity contribution in [1.82, 2.24) is 0 Å². The summed E-state index contributed by atoms with van der Waals surface area (Å²) in [7, 11) is 0. The van der Waals surface area contributed by atoms with Gasteiger partial charge in [-0.2, -0.15) is 0 Å². The highest BCUT2D eigenvalue weighted by atomic mass is 32.1. The lowest BCUT2D eigenvalue weighted by Crippen LogP contribution is -2.08. The van der Waals surface area contributed by atoms with Crippen molar-refractivity contribution in [2.45, 2.75) is 6.42 Å². The van der Waals surface area contributed by atoms with Crippen molar-refractivity contribution >= 4 is 11.3 Å². The van der Waals surface area contributed by atoms with Gasteiger partial charge in [0.2, 0.25) is 0 Å². The highest BCUT2D eigenvalue weighted by Gasteiger charge is 1.97. The van der Waals surface area contributed by atoms with Crippen LogP contribution in [-0.2, 0) is 11.2 Å². The van der Waals surface area contributed by atoms with Crippen LogP contribution < -0.4 is 4.74 Å². The zero-order valence-corrected chi connectivity index (χ0v) is 12.6. The van der Waals surface area contributed by atoms with Gasteiger partial charge in [0.15, 0.2) is 0 Å². The minimum atomic E-state index is -0.136. The van der Waals surface area contributed by atoms with E-state index in [2.05, 4.69) is 29.4 Å². The second kappa shape index (κ2) is 9.19. The van der Waals surface area contributed by atoms with E-state index in [1.807, 2.05) is 24.3 Å². The second-order valence-electron chi connectivity index (χ2n) is 4.28. The van der Waals surface area contributed by atoms with Crippen LogP contribution >= 0.6 is 11.3 Å². The van der Waals surface area contributed by atoms with Gasteiger partial charge in [0.1, 0.15) is 19.0 Å². The standard InChI is InChI=1S/C17H18O3S/c18-9-2-5-15-4-1-6-16(14-15)20-12-11-19-10-8-17-7-3-13-21-17/h1,3-4,6-7,13-14,18H,8-12H2. The number of benzene rings is 1. The van der Waals surface area contributed by atoms with Crippen molar-refractivity contribution in [2.75, 3.05) is 26.4 Å². The van der Waals surface area contributed by atoms with E-state index in [0.717, 1.165) is 17.7 Å². The maximum absolute atomic E-state index is 8.67. The summed E-state index contributed by atoms with van der Waals surface area (Å²) in [6, 6.07) is 11.7. The molecule has 1 heterocycles. The first kappa shape index (κ1) is 15.6. The molecule has 1 N–H and O–H groups in total. The molecular weight excluding hydrogens is 284 g/mol. The van der Waals surface area contributed by atoms with Gasteiger partial charge < -0.3 is 14.6 Å². The maximum atomic E-state index is 8.67. The SMILES string of the molecule is OCC#Cc1cccc(OCCOCCc2cccs2)c1. The Balaban J connectivity index is 1.64. The van der Waals surface area contributed by atoms with E-state index in [4.69, 9.17) is 14.6 Å². The van der Waals surface area contributed by atoms with Gasteiger partial charge in [-0.1, -0.05) is 24.0 Å². The topological polar surface area (TPSA) is 38.7 Å². The van der Waals surface area contributed by atoms with Crippen LogP contribution in [-0.4, -0.2) is 31.5 Å². The summed E-state index contributed by atoms with van der Waals surface area (Å²) in [4.78, 5) is 1.34. The summed E-state index contributed by atoms with van der Waals surface area (Å²) in [6.45, 7) is 1.66. The van der Waals surface area contributed by atoms with Crippen molar-refractivity contribution in [2.24, 2.45) is 0 Å². The molecule has 0 atom stereocenters. The molecule has 4 heteroatoms. The highest BCUT2D eigenvalue weighted by Crippen LogP contribution is 2.12. The number of rotatable bonds is 7. The molecule has 110 valence electrons. The Bertz CT molecular complexity index is 582. The lowest BCUT2D eigenvalue weighted by molar-refractivity contribution is 0.103. The number of ether oxygens (including phenoxy) is 2. The molecule has 1 aromatic heterocycles. The molecule has 0 aliphatic rings. The number of hydrogen-bond acceptors (Lipinski definition) is 4. The van der Waals surface area contributed by atoms with Crippen molar-refractivity contribution in [3.8, 4) is 17.6 Å². The average Bonchev–Trinajstić information content (AvgIpc) is 3.02. The van der Waals surface area contributed by atoms with Gasteiger partial charge in [-0.15, -0.1) is 11.3 Å². The molecule has 21 heavy (non-hydrogen) atoms. The van der Waals surface area contributed by atoms with Crippen molar-refractivity contribution in [1.29, 1.82) is 0 Å². The molecule has 1 aromatic carbocycles. The summed E-state index contributed by atoms with van der Waals surface area (Å²) in [5.74, 6) is 6.23. The van der Waals surface area contributed by atoms with E-state index >= 15 is 0 Å². The first-order valence-electron chi connectivity index (χ1n) is 6.81. The van der Waals surface area contributed by atoms with E-state index in [0.29, 0.717) is 19.8 Å². The minimum Gasteiger partial charge on any atom is -0.491 e. The van der Waals surface area contributed by atoms with Crippen LogP contribution in [0.1, 0.15) is 10.4 Å². The quantitative estimate of drug-likeness (QED) is 0.631. The summed E-state index contributed by atoms with van der Waals surface area (Å²) in [5.41, 5.74) is 0.833. The van der Waals surface area contributed by atoms with Gasteiger partial charge in [0, 0.05) is 16.9 Å². The first-order valence-corrected chi connectivity index (χ1v) is 7.69. The molecule has 2 aromatic rings. The van der Waals surface area contributed by atoms with E-state index in [1.54, 1.807) is 11.3 Å². The molecule has 3 nitrogen and oxygen atoms in total. The van der Waals surface area contributed by atoms with Crippen LogP contribution in [0.15, 0.2) is 41.8 Å². The Hall–Kier alpha value is -1.80. The molecule has 0 saturated heterocycles. The third-order valence-electron chi connectivity index (χ3n) is 2.72. The third kappa shape index (κ3) is 6.01. The molecule has 0 amide bonds. The maximum Gasteiger partial charge on any atom is 0.120 e. The predicted molar refractivity (Wildman–Crippen MR) is 84.7 cm³/mol. The van der Waals surface area contributed by atoms with Gasteiger partial charge in [-0.05, 0) is 29.6 Å². The molecular formula is C17H18O3S. The fourth-order valence-electron chi connectivity index (χ4n) is 1.75. The van der Waals surface area contributed by atoms with Gasteiger partial charge in [0.25, 0.3) is 0 Å². The van der Waals surface area contributed by atoms with Crippen molar-refractivity contribution < 1.29 is 14.6 Å². The van der Waals surface area contributed by atoms with Crippen LogP contribution in [0.25, 0.3) is 0 Å². The Morgan fingerprint density at radius 1 is 1.10 bits per heavy atom. The summed E-state index contributed by atoms with van der Waals surface area (Å²) >= 11 is 1.75. The molecule has 0 unspecified atom stereocenters. The summed E-state index contributed by atoms with van der Waals surface area (Å²) < 4.78 is 11.2. The minimum absolute atomic E-state index is 0.136. The normalized spacial score (nSPS) is 9.95. The van der Waals surface area contributed by atoms with Crippen LogP contribution in [0, 0.1) is 11.8 Å². The molecule has 0 aliphatic carbocycles. The van der Waals surface area contributed by atoms with Crippen LogP contribution in [0.3, 0.4) is 0 Å². The summed E-state index contributed by atoms with van der Waals surface area (Å²) in [6.07, 6.45) is 0.948. The van der Waals surface area contributed by atoms with Gasteiger partial charge in [0.05, 0.1) is 13.2 Å². The molecule has 0 fully saturated rings. The monoisotopic (exact) mass is 302 g/mol. The van der Waals surface area contributed by atoms with Crippen molar-refractivity contribution in [3.05, 3.63) is 52.2 Å². The number of aliphatic hydroxyl groups excluding tert-OH is 1. The Morgan fingerprint density at radius 2 is 2.05 bits per heavy atom. The van der Waals surface area contributed by atoms with E-state index in [9.17, 15) is 0 Å². The predicted octanol–water partition coefficient (Wildman–Crippen LogP) is 2.73. The first-order chi connectivity index (χ1) is 10.4. The Labute approximate surface area is 129 Å². The molecule has 0 saturated carbocycles. The fourth-order valence-corrected chi connectivity index (χ4v) is 2.44. The summed E-state index contributed by atoms with van der Waals surface area (Å²) in [5, 5.41) is 10.7. The zero-order chi connectivity index (χ0) is 14.8. The van der Waals surface area contributed by atoms with Crippen molar-refractivity contribution in [3.63, 3.8) is 0 Å². The Kier molecular flexibility index (Phi) is 6.82. The fraction of sp³-hybridized carbons (Fsp3) is 0.294. The molecule has 0 aliphatic heterocycles. The largest absolute Gasteiger partial charge is 0.491 e.